The van der Waals surface area contributed by atoms with Crippen molar-refractivity contribution in [3.05, 3.63) is 71.8 Å². The summed E-state index contributed by atoms with van der Waals surface area (Å²) >= 11 is 0. The van der Waals surface area contributed by atoms with Gasteiger partial charge in [-0.1, -0.05) is 13.2 Å². The van der Waals surface area contributed by atoms with Crippen molar-refractivity contribution in [2.75, 3.05) is 18.0 Å². The zero-order valence-corrected chi connectivity index (χ0v) is 18.4. The molecule has 6 nitrogen and oxygen atoms in total. The molecular weight excluding hydrogens is 392 g/mol. The second-order valence-corrected chi connectivity index (χ2v) is 7.56. The molecule has 0 N–H and O–H groups in total. The van der Waals surface area contributed by atoms with Gasteiger partial charge in [0.15, 0.2) is 0 Å². The minimum Gasteiger partial charge on any atom is -0.423 e. The number of rotatable bonds is 6. The Bertz CT molecular complexity index is 1070. The van der Waals surface area contributed by atoms with Crippen LogP contribution in [0.2, 0.25) is 0 Å². The van der Waals surface area contributed by atoms with Gasteiger partial charge >= 0.3 is 11.9 Å². The molecule has 0 atom stereocenters. The summed E-state index contributed by atoms with van der Waals surface area (Å²) in [5, 5.41) is 0. The number of benzene rings is 2. The van der Waals surface area contributed by atoms with E-state index in [1.165, 1.54) is 0 Å². The van der Waals surface area contributed by atoms with E-state index in [1.807, 2.05) is 52.0 Å². The minimum atomic E-state index is -0.473. The Labute approximate surface area is 182 Å². The first kappa shape index (κ1) is 22.0. The van der Waals surface area contributed by atoms with Crippen LogP contribution in [-0.2, 0) is 9.59 Å². The second kappa shape index (κ2) is 9.00. The molecule has 0 unspecified atom stereocenters. The first-order valence-corrected chi connectivity index (χ1v) is 10.0. The largest absolute Gasteiger partial charge is 0.423 e. The highest BCUT2D eigenvalue weighted by atomic mass is 16.5. The zero-order valence-electron chi connectivity index (χ0n) is 18.4. The summed E-state index contributed by atoms with van der Waals surface area (Å²) in [6, 6.07) is 7.44. The number of anilines is 1. The first-order valence-electron chi connectivity index (χ1n) is 10.0. The van der Waals surface area contributed by atoms with Crippen LogP contribution in [-0.4, -0.2) is 35.9 Å². The SMILES string of the molecule is C=CC(=O)Oc1cc(C)c(N2C=[N+](c3c(C)cc(OC(=O)C=C)cc3C)CC2)c(C)c1. The van der Waals surface area contributed by atoms with Crippen molar-refractivity contribution in [3.8, 4) is 11.5 Å². The predicted octanol–water partition coefficient (Wildman–Crippen LogP) is 4.30. The van der Waals surface area contributed by atoms with E-state index in [2.05, 4.69) is 29.0 Å². The minimum absolute atomic E-state index is 0.473. The van der Waals surface area contributed by atoms with Crippen LogP contribution >= 0.6 is 0 Å². The van der Waals surface area contributed by atoms with Crippen molar-refractivity contribution in [2.45, 2.75) is 27.7 Å². The Hall–Kier alpha value is -3.67. The topological polar surface area (TPSA) is 58.9 Å². The van der Waals surface area contributed by atoms with Crippen molar-refractivity contribution < 1.29 is 23.6 Å². The van der Waals surface area contributed by atoms with Gasteiger partial charge in [0.2, 0.25) is 6.34 Å². The van der Waals surface area contributed by atoms with Crippen molar-refractivity contribution in [1.29, 1.82) is 0 Å². The Morgan fingerprint density at radius 3 is 1.77 bits per heavy atom. The average molecular weight is 420 g/mol. The quantitative estimate of drug-likeness (QED) is 0.302. The highest BCUT2D eigenvalue weighted by molar-refractivity contribution is 5.85. The first-order chi connectivity index (χ1) is 14.7. The molecule has 0 saturated carbocycles. The third kappa shape index (κ3) is 4.74. The molecule has 0 spiro atoms. The second-order valence-electron chi connectivity index (χ2n) is 7.56. The van der Waals surface area contributed by atoms with Crippen molar-refractivity contribution in [2.24, 2.45) is 0 Å². The molecule has 0 amide bonds. The van der Waals surface area contributed by atoms with Crippen LogP contribution in [0.25, 0.3) is 0 Å². The molecule has 0 aliphatic carbocycles. The molecule has 160 valence electrons. The Kier molecular flexibility index (Phi) is 6.39. The summed E-state index contributed by atoms with van der Waals surface area (Å²) in [5.74, 6) is 0.0735. The third-order valence-electron chi connectivity index (χ3n) is 5.13. The maximum absolute atomic E-state index is 11.5. The smallest absolute Gasteiger partial charge is 0.335 e. The lowest BCUT2D eigenvalue weighted by molar-refractivity contribution is -0.425. The molecular formula is C25H27N2O4+. The molecule has 1 heterocycles. The monoisotopic (exact) mass is 419 g/mol. The molecule has 2 aromatic carbocycles. The summed E-state index contributed by atoms with van der Waals surface area (Å²) in [5.41, 5.74) is 6.26. The van der Waals surface area contributed by atoms with E-state index in [4.69, 9.17) is 9.47 Å². The van der Waals surface area contributed by atoms with E-state index < -0.39 is 11.9 Å². The summed E-state index contributed by atoms with van der Waals surface area (Å²) in [4.78, 5) is 25.2. The van der Waals surface area contributed by atoms with Gasteiger partial charge in [-0.05, 0) is 74.2 Å². The molecule has 0 saturated heterocycles. The van der Waals surface area contributed by atoms with E-state index in [0.29, 0.717) is 11.5 Å². The van der Waals surface area contributed by atoms with Crippen LogP contribution < -0.4 is 14.4 Å². The van der Waals surface area contributed by atoms with Crippen LogP contribution in [0, 0.1) is 27.7 Å². The van der Waals surface area contributed by atoms with Crippen molar-refractivity contribution in [1.82, 2.24) is 0 Å². The maximum atomic E-state index is 11.5. The Morgan fingerprint density at radius 2 is 1.32 bits per heavy atom. The molecule has 1 aliphatic rings. The number of hydrogen-bond donors (Lipinski definition) is 0. The van der Waals surface area contributed by atoms with Crippen LogP contribution in [0.4, 0.5) is 11.4 Å². The fourth-order valence-electron chi connectivity index (χ4n) is 4.01. The number of carbonyl (C=O) groups excluding carboxylic acids is 2. The summed E-state index contributed by atoms with van der Waals surface area (Å²) < 4.78 is 12.7. The van der Waals surface area contributed by atoms with Crippen LogP contribution in [0.5, 0.6) is 11.5 Å². The molecule has 3 rings (SSSR count). The van der Waals surface area contributed by atoms with Gasteiger partial charge in [-0.25, -0.2) is 19.1 Å². The number of ether oxygens (including phenoxy) is 2. The van der Waals surface area contributed by atoms with Gasteiger partial charge in [0, 0.05) is 12.2 Å². The van der Waals surface area contributed by atoms with Gasteiger partial charge in [-0.3, -0.25) is 0 Å². The highest BCUT2D eigenvalue weighted by Gasteiger charge is 2.28. The van der Waals surface area contributed by atoms with Gasteiger partial charge in [0.1, 0.15) is 36.0 Å². The average Bonchev–Trinajstić information content (AvgIpc) is 3.15. The lowest BCUT2D eigenvalue weighted by atomic mass is 10.1. The number of hydrogen-bond acceptors (Lipinski definition) is 5. The summed E-state index contributed by atoms with van der Waals surface area (Å²) in [6.45, 7) is 16.5. The predicted molar refractivity (Wildman–Crippen MR) is 122 cm³/mol. The molecule has 0 radical (unpaired) electrons. The number of aryl methyl sites for hydroxylation is 4. The van der Waals surface area contributed by atoms with Crippen LogP contribution in [0.1, 0.15) is 22.3 Å². The van der Waals surface area contributed by atoms with Gasteiger partial charge in [0.05, 0.1) is 0 Å². The van der Waals surface area contributed by atoms with Gasteiger partial charge in [-0.2, -0.15) is 0 Å². The maximum Gasteiger partial charge on any atom is 0.335 e. The van der Waals surface area contributed by atoms with Crippen molar-refractivity contribution >= 4 is 29.7 Å². The van der Waals surface area contributed by atoms with Gasteiger partial charge < -0.3 is 9.47 Å². The lowest BCUT2D eigenvalue weighted by Crippen LogP contribution is -2.20. The van der Waals surface area contributed by atoms with E-state index in [1.54, 1.807) is 0 Å². The van der Waals surface area contributed by atoms with Crippen LogP contribution in [0.15, 0.2) is 49.6 Å². The van der Waals surface area contributed by atoms with Crippen molar-refractivity contribution in [3.63, 3.8) is 0 Å². The molecule has 31 heavy (non-hydrogen) atoms. The Morgan fingerprint density at radius 1 is 0.871 bits per heavy atom. The number of esters is 2. The fraction of sp³-hybridized carbons (Fsp3) is 0.240. The van der Waals surface area contributed by atoms with E-state index in [-0.39, 0.29) is 0 Å². The number of carbonyl (C=O) groups is 2. The normalized spacial score (nSPS) is 12.9. The van der Waals surface area contributed by atoms with E-state index in [0.717, 1.165) is 58.9 Å². The summed E-state index contributed by atoms with van der Waals surface area (Å²) in [6.07, 6.45) is 4.40. The molecule has 2 aromatic rings. The molecule has 1 aliphatic heterocycles. The van der Waals surface area contributed by atoms with Gasteiger partial charge in [0.25, 0.3) is 0 Å². The number of nitrogens with zero attached hydrogens (tertiary/aromatic N) is 2. The zero-order chi connectivity index (χ0) is 22.7. The standard InChI is InChI=1S/C25H27N2O4/c1-7-22(28)30-20-11-16(3)24(17(4)12-20)26-9-10-27(15-26)25-18(5)13-21(14-19(25)6)31-23(29)8-2/h7-8,11-15H,1-2,9-10H2,3-6H3/q+1. The van der Waals surface area contributed by atoms with E-state index in [9.17, 15) is 9.59 Å². The molecule has 0 bridgehead atoms. The summed E-state index contributed by atoms with van der Waals surface area (Å²) in [7, 11) is 0. The highest BCUT2D eigenvalue weighted by Crippen LogP contribution is 2.33. The van der Waals surface area contributed by atoms with Crippen LogP contribution in [0.3, 0.4) is 0 Å². The third-order valence-corrected chi connectivity index (χ3v) is 5.13. The molecule has 0 aromatic heterocycles. The lowest BCUT2D eigenvalue weighted by Gasteiger charge is -2.14. The molecule has 6 heteroatoms. The molecule has 0 fully saturated rings. The van der Waals surface area contributed by atoms with E-state index >= 15 is 0 Å². The fourth-order valence-corrected chi connectivity index (χ4v) is 4.01. The Balaban J connectivity index is 1.91. The van der Waals surface area contributed by atoms with Gasteiger partial charge in [-0.15, -0.1) is 0 Å².